The van der Waals surface area contributed by atoms with Crippen molar-refractivity contribution in [1.82, 2.24) is 9.88 Å². The fraction of sp³-hybridized carbons (Fsp3) is 0.667. The second-order valence-corrected chi connectivity index (χ2v) is 7.45. The Morgan fingerprint density at radius 3 is 2.76 bits per heavy atom. The fourth-order valence-electron chi connectivity index (χ4n) is 2.40. The number of carboxylic acids is 1. The molecule has 116 valence electrons. The number of piperidine rings is 1. The van der Waals surface area contributed by atoms with E-state index in [-0.39, 0.29) is 17.7 Å². The van der Waals surface area contributed by atoms with Gasteiger partial charge in [-0.15, -0.1) is 11.3 Å². The minimum Gasteiger partial charge on any atom is -0.481 e. The van der Waals surface area contributed by atoms with Gasteiger partial charge in [0.2, 0.25) is 5.91 Å². The number of hydrogen-bond acceptors (Lipinski definition) is 4. The van der Waals surface area contributed by atoms with Crippen LogP contribution >= 0.6 is 11.3 Å². The Morgan fingerprint density at radius 1 is 1.48 bits per heavy atom. The van der Waals surface area contributed by atoms with Gasteiger partial charge in [0.25, 0.3) is 0 Å². The number of thiazole rings is 1. The highest BCUT2D eigenvalue weighted by Gasteiger charge is 2.28. The van der Waals surface area contributed by atoms with Crippen molar-refractivity contribution in [3.05, 3.63) is 16.1 Å². The topological polar surface area (TPSA) is 70.5 Å². The summed E-state index contributed by atoms with van der Waals surface area (Å²) in [7, 11) is 0. The molecule has 2 heterocycles. The Bertz CT molecular complexity index is 533. The molecule has 0 saturated carbocycles. The largest absolute Gasteiger partial charge is 0.481 e. The Labute approximate surface area is 129 Å². The van der Waals surface area contributed by atoms with E-state index < -0.39 is 11.9 Å². The summed E-state index contributed by atoms with van der Waals surface area (Å²) in [6.07, 6.45) is 1.68. The first-order chi connectivity index (χ1) is 9.77. The van der Waals surface area contributed by atoms with Gasteiger partial charge in [0.15, 0.2) is 0 Å². The lowest BCUT2D eigenvalue weighted by molar-refractivity contribution is -0.145. The second-order valence-electron chi connectivity index (χ2n) is 6.59. The van der Waals surface area contributed by atoms with Crippen molar-refractivity contribution in [3.8, 4) is 0 Å². The Hall–Kier alpha value is -1.43. The molecule has 0 radical (unpaired) electrons. The average molecular weight is 310 g/mol. The van der Waals surface area contributed by atoms with Gasteiger partial charge in [0.1, 0.15) is 0 Å². The van der Waals surface area contributed by atoms with Crippen LogP contribution in [0.4, 0.5) is 0 Å². The molecule has 1 fully saturated rings. The van der Waals surface area contributed by atoms with Crippen LogP contribution in [0.2, 0.25) is 0 Å². The molecule has 21 heavy (non-hydrogen) atoms. The SMILES string of the molecule is CC(C)(C)c1nc(CC(=O)N2CCC[C@H](C(=O)O)C2)cs1. The first-order valence-corrected chi connectivity index (χ1v) is 8.11. The number of carbonyl (C=O) groups is 2. The quantitative estimate of drug-likeness (QED) is 0.930. The third-order valence-corrected chi connectivity index (χ3v) is 4.97. The Kier molecular flexibility index (Phi) is 4.66. The Morgan fingerprint density at radius 2 is 2.19 bits per heavy atom. The van der Waals surface area contributed by atoms with Gasteiger partial charge in [-0.25, -0.2) is 4.98 Å². The summed E-state index contributed by atoms with van der Waals surface area (Å²) in [5.41, 5.74) is 0.776. The average Bonchev–Trinajstić information content (AvgIpc) is 2.87. The van der Waals surface area contributed by atoms with Crippen LogP contribution in [0.15, 0.2) is 5.38 Å². The number of carbonyl (C=O) groups excluding carboxylic acids is 1. The highest BCUT2D eigenvalue weighted by Crippen LogP contribution is 2.26. The van der Waals surface area contributed by atoms with Gasteiger partial charge in [0, 0.05) is 23.9 Å². The molecule has 2 rings (SSSR count). The molecule has 1 saturated heterocycles. The molecule has 1 aliphatic heterocycles. The van der Waals surface area contributed by atoms with E-state index in [0.29, 0.717) is 19.5 Å². The van der Waals surface area contributed by atoms with E-state index in [4.69, 9.17) is 5.11 Å². The minimum absolute atomic E-state index is 0.00844. The lowest BCUT2D eigenvalue weighted by atomic mass is 9.98. The molecule has 1 atom stereocenters. The van der Waals surface area contributed by atoms with Gasteiger partial charge in [-0.1, -0.05) is 20.8 Å². The van der Waals surface area contributed by atoms with Crippen LogP contribution in [0.5, 0.6) is 0 Å². The maximum Gasteiger partial charge on any atom is 0.308 e. The molecular weight excluding hydrogens is 288 g/mol. The second kappa shape index (κ2) is 6.13. The third-order valence-electron chi connectivity index (χ3n) is 3.65. The van der Waals surface area contributed by atoms with Gasteiger partial charge in [0.05, 0.1) is 23.0 Å². The normalized spacial score (nSPS) is 19.6. The summed E-state index contributed by atoms with van der Waals surface area (Å²) in [5.74, 6) is -1.26. The van der Waals surface area contributed by atoms with E-state index in [1.54, 1.807) is 16.2 Å². The molecule has 1 aromatic heterocycles. The number of nitrogens with zero attached hydrogens (tertiary/aromatic N) is 2. The molecule has 0 aliphatic carbocycles. The minimum atomic E-state index is -0.809. The molecule has 1 amide bonds. The van der Waals surface area contributed by atoms with Crippen molar-refractivity contribution < 1.29 is 14.7 Å². The van der Waals surface area contributed by atoms with Gasteiger partial charge in [-0.05, 0) is 12.8 Å². The lowest BCUT2D eigenvalue weighted by Gasteiger charge is -2.30. The van der Waals surface area contributed by atoms with Crippen LogP contribution in [0.25, 0.3) is 0 Å². The van der Waals surface area contributed by atoms with E-state index in [1.807, 2.05) is 5.38 Å². The summed E-state index contributed by atoms with van der Waals surface area (Å²) in [6.45, 7) is 7.27. The van der Waals surface area contributed by atoms with Gasteiger partial charge in [-0.3, -0.25) is 9.59 Å². The molecular formula is C15H22N2O3S. The van der Waals surface area contributed by atoms with E-state index in [0.717, 1.165) is 17.1 Å². The number of amides is 1. The first kappa shape index (κ1) is 15.9. The zero-order valence-electron chi connectivity index (χ0n) is 12.8. The molecule has 1 N–H and O–H groups in total. The number of likely N-dealkylation sites (tertiary alicyclic amines) is 1. The van der Waals surface area contributed by atoms with Gasteiger partial charge < -0.3 is 10.0 Å². The van der Waals surface area contributed by atoms with Crippen molar-refractivity contribution in [2.75, 3.05) is 13.1 Å². The van der Waals surface area contributed by atoms with Crippen molar-refractivity contribution in [2.45, 2.75) is 45.4 Å². The maximum atomic E-state index is 12.3. The highest BCUT2D eigenvalue weighted by atomic mass is 32.1. The van der Waals surface area contributed by atoms with Crippen molar-refractivity contribution >= 4 is 23.2 Å². The van der Waals surface area contributed by atoms with Crippen LogP contribution in [0, 0.1) is 5.92 Å². The number of rotatable bonds is 3. The van der Waals surface area contributed by atoms with Crippen LogP contribution in [0.3, 0.4) is 0 Å². The molecule has 1 aliphatic rings. The molecule has 0 aromatic carbocycles. The molecule has 5 nitrogen and oxygen atoms in total. The smallest absolute Gasteiger partial charge is 0.308 e. The van der Waals surface area contributed by atoms with Crippen LogP contribution in [-0.2, 0) is 21.4 Å². The van der Waals surface area contributed by atoms with Crippen LogP contribution in [-0.4, -0.2) is 40.0 Å². The monoisotopic (exact) mass is 310 g/mol. The third kappa shape index (κ3) is 4.03. The summed E-state index contributed by atoms with van der Waals surface area (Å²) in [6, 6.07) is 0. The molecule has 0 spiro atoms. The van der Waals surface area contributed by atoms with Crippen LogP contribution in [0.1, 0.15) is 44.3 Å². The van der Waals surface area contributed by atoms with E-state index >= 15 is 0 Å². The zero-order valence-corrected chi connectivity index (χ0v) is 13.6. The summed E-state index contributed by atoms with van der Waals surface area (Å²) >= 11 is 1.57. The first-order valence-electron chi connectivity index (χ1n) is 7.23. The standard InChI is InChI=1S/C15H22N2O3S/c1-15(2,3)14-16-11(9-21-14)7-12(18)17-6-4-5-10(8-17)13(19)20/h9-10H,4-8H2,1-3H3,(H,19,20)/t10-/m0/s1. The number of aliphatic carboxylic acids is 1. The predicted octanol–water partition coefficient (Wildman–Crippen LogP) is 2.31. The zero-order chi connectivity index (χ0) is 15.6. The van der Waals surface area contributed by atoms with E-state index in [9.17, 15) is 9.59 Å². The number of carboxylic acid groups (broad SMARTS) is 1. The fourth-order valence-corrected chi connectivity index (χ4v) is 3.31. The summed E-state index contributed by atoms with van der Waals surface area (Å²) in [5, 5.41) is 12.0. The van der Waals surface area contributed by atoms with Crippen LogP contribution < -0.4 is 0 Å². The van der Waals surface area contributed by atoms with Crippen molar-refractivity contribution in [3.63, 3.8) is 0 Å². The molecule has 1 aromatic rings. The molecule has 0 unspecified atom stereocenters. The lowest BCUT2D eigenvalue weighted by Crippen LogP contribution is -2.43. The van der Waals surface area contributed by atoms with Crippen molar-refractivity contribution in [1.29, 1.82) is 0 Å². The summed E-state index contributed by atoms with van der Waals surface area (Å²) in [4.78, 5) is 29.5. The highest BCUT2D eigenvalue weighted by molar-refractivity contribution is 7.09. The molecule has 6 heteroatoms. The maximum absolute atomic E-state index is 12.3. The summed E-state index contributed by atoms with van der Waals surface area (Å²) < 4.78 is 0. The molecule has 0 bridgehead atoms. The van der Waals surface area contributed by atoms with Gasteiger partial charge >= 0.3 is 5.97 Å². The van der Waals surface area contributed by atoms with E-state index in [1.165, 1.54) is 0 Å². The number of aromatic nitrogens is 1. The Balaban J connectivity index is 1.98. The predicted molar refractivity (Wildman–Crippen MR) is 81.5 cm³/mol. The van der Waals surface area contributed by atoms with Gasteiger partial charge in [-0.2, -0.15) is 0 Å². The van der Waals surface area contributed by atoms with Crippen molar-refractivity contribution in [2.24, 2.45) is 5.92 Å². The van der Waals surface area contributed by atoms with E-state index in [2.05, 4.69) is 25.8 Å². The number of hydrogen-bond donors (Lipinski definition) is 1.